The third-order valence-electron chi connectivity index (χ3n) is 4.48. The van der Waals surface area contributed by atoms with E-state index in [0.717, 1.165) is 5.56 Å². The molecule has 3 rings (SSSR count). The fourth-order valence-corrected chi connectivity index (χ4v) is 3.01. The topological polar surface area (TPSA) is 62.4 Å². The zero-order valence-electron chi connectivity index (χ0n) is 12.8. The molecule has 0 atom stereocenters. The van der Waals surface area contributed by atoms with Crippen molar-refractivity contribution in [3.05, 3.63) is 40.8 Å². The highest BCUT2D eigenvalue weighted by atomic mass is 16.4. The molecule has 1 aromatic heterocycles. The maximum atomic E-state index is 11.0. The van der Waals surface area contributed by atoms with Crippen LogP contribution < -0.4 is 4.90 Å². The van der Waals surface area contributed by atoms with Gasteiger partial charge in [0, 0.05) is 20.0 Å². The molecule has 0 aliphatic carbocycles. The molecule has 0 bridgehead atoms. The van der Waals surface area contributed by atoms with Crippen LogP contribution in [0.5, 0.6) is 0 Å². The Balaban J connectivity index is 1.79. The molecular weight excluding hydrogens is 266 g/mol. The van der Waals surface area contributed by atoms with Crippen molar-refractivity contribution in [1.82, 2.24) is 10.2 Å². The number of benzene rings is 1. The van der Waals surface area contributed by atoms with Gasteiger partial charge in [-0.25, -0.2) is 0 Å². The maximum absolute atomic E-state index is 11.0. The van der Waals surface area contributed by atoms with Crippen LogP contribution in [0.1, 0.15) is 35.4 Å². The quantitative estimate of drug-likeness (QED) is 0.919. The van der Waals surface area contributed by atoms with Crippen molar-refractivity contribution in [1.29, 1.82) is 0 Å². The van der Waals surface area contributed by atoms with Crippen LogP contribution in [0.25, 0.3) is 0 Å². The van der Waals surface area contributed by atoms with Crippen molar-refractivity contribution in [3.8, 4) is 0 Å². The van der Waals surface area contributed by atoms with E-state index in [9.17, 15) is 5.11 Å². The molecule has 0 unspecified atom stereocenters. The summed E-state index contributed by atoms with van der Waals surface area (Å²) in [6, 6.07) is 6.69. The first-order chi connectivity index (χ1) is 9.99. The lowest BCUT2D eigenvalue weighted by Gasteiger charge is -2.38. The molecule has 2 heterocycles. The first-order valence-corrected chi connectivity index (χ1v) is 7.34. The first-order valence-electron chi connectivity index (χ1n) is 7.34. The third kappa shape index (κ3) is 2.53. The molecule has 112 valence electrons. The molecule has 1 aliphatic rings. The molecule has 5 nitrogen and oxygen atoms in total. The molecule has 0 radical (unpaired) electrons. The van der Waals surface area contributed by atoms with E-state index in [1.165, 1.54) is 11.1 Å². The monoisotopic (exact) mass is 287 g/mol. The van der Waals surface area contributed by atoms with Gasteiger partial charge in [-0.05, 0) is 43.4 Å². The zero-order valence-corrected chi connectivity index (χ0v) is 12.8. The van der Waals surface area contributed by atoms with Crippen LogP contribution in [-0.2, 0) is 5.60 Å². The highest BCUT2D eigenvalue weighted by Crippen LogP contribution is 2.36. The van der Waals surface area contributed by atoms with Crippen LogP contribution >= 0.6 is 0 Å². The van der Waals surface area contributed by atoms with Crippen LogP contribution in [-0.4, -0.2) is 28.4 Å². The SMILES string of the molecule is Cc1nnc(N2CCC(O)(c3cccc(C)c3C)CC2)o1. The van der Waals surface area contributed by atoms with Crippen molar-refractivity contribution in [2.24, 2.45) is 0 Å². The van der Waals surface area contributed by atoms with Crippen LogP contribution in [0.15, 0.2) is 22.6 Å². The van der Waals surface area contributed by atoms with E-state index in [-0.39, 0.29) is 0 Å². The second kappa shape index (κ2) is 5.15. The molecule has 1 aliphatic heterocycles. The lowest BCUT2D eigenvalue weighted by Crippen LogP contribution is -2.43. The van der Waals surface area contributed by atoms with Crippen molar-refractivity contribution < 1.29 is 9.52 Å². The number of piperidine rings is 1. The van der Waals surface area contributed by atoms with Gasteiger partial charge in [0.05, 0.1) is 5.60 Å². The number of hydrogen-bond acceptors (Lipinski definition) is 5. The van der Waals surface area contributed by atoms with Crippen LogP contribution in [0.4, 0.5) is 6.01 Å². The minimum atomic E-state index is -0.762. The Morgan fingerprint density at radius 1 is 1.14 bits per heavy atom. The zero-order chi connectivity index (χ0) is 15.0. The largest absolute Gasteiger partial charge is 0.408 e. The summed E-state index contributed by atoms with van der Waals surface area (Å²) in [5, 5.41) is 18.9. The summed E-state index contributed by atoms with van der Waals surface area (Å²) in [5.41, 5.74) is 2.68. The minimum absolute atomic E-state index is 0.551. The molecule has 5 heteroatoms. The van der Waals surface area contributed by atoms with Crippen LogP contribution in [0.3, 0.4) is 0 Å². The van der Waals surface area contributed by atoms with Gasteiger partial charge in [-0.15, -0.1) is 5.10 Å². The molecule has 21 heavy (non-hydrogen) atoms. The summed E-state index contributed by atoms with van der Waals surface area (Å²) in [5.74, 6) is 0.570. The van der Waals surface area contributed by atoms with Crippen LogP contribution in [0, 0.1) is 20.8 Å². The van der Waals surface area contributed by atoms with Gasteiger partial charge < -0.3 is 14.4 Å². The van der Waals surface area contributed by atoms with Gasteiger partial charge in [0.1, 0.15) is 0 Å². The number of hydrogen-bond donors (Lipinski definition) is 1. The fourth-order valence-electron chi connectivity index (χ4n) is 3.01. The smallest absolute Gasteiger partial charge is 0.318 e. The van der Waals surface area contributed by atoms with E-state index in [4.69, 9.17) is 4.42 Å². The standard InChI is InChI=1S/C16H21N3O2/c1-11-5-4-6-14(12(11)2)16(20)7-9-19(10-8-16)15-18-17-13(3)21-15/h4-6,20H,7-10H2,1-3H3. The molecule has 0 spiro atoms. The Kier molecular flexibility index (Phi) is 3.45. The average Bonchev–Trinajstić information content (AvgIpc) is 2.89. The molecule has 2 aromatic rings. The number of aliphatic hydroxyl groups is 1. The first kappa shape index (κ1) is 14.1. The van der Waals surface area contributed by atoms with Gasteiger partial charge in [-0.2, -0.15) is 0 Å². The maximum Gasteiger partial charge on any atom is 0.318 e. The van der Waals surface area contributed by atoms with E-state index in [1.807, 2.05) is 17.0 Å². The molecule has 1 N–H and O–H groups in total. The predicted octanol–water partition coefficient (Wildman–Crippen LogP) is 2.48. The van der Waals surface area contributed by atoms with Gasteiger partial charge in [0.25, 0.3) is 0 Å². The number of aromatic nitrogens is 2. The lowest BCUT2D eigenvalue weighted by atomic mass is 9.81. The summed E-state index contributed by atoms with van der Waals surface area (Å²) in [7, 11) is 0. The molecular formula is C16H21N3O2. The average molecular weight is 287 g/mol. The Hall–Kier alpha value is -1.88. The normalized spacial score (nSPS) is 18.0. The lowest BCUT2D eigenvalue weighted by molar-refractivity contribution is 0.0104. The summed E-state index contributed by atoms with van der Waals surface area (Å²) in [6.45, 7) is 7.37. The molecule has 0 amide bonds. The van der Waals surface area contributed by atoms with Gasteiger partial charge in [0.15, 0.2) is 0 Å². The highest BCUT2D eigenvalue weighted by Gasteiger charge is 2.36. The van der Waals surface area contributed by atoms with Crippen molar-refractivity contribution >= 4 is 6.01 Å². The van der Waals surface area contributed by atoms with E-state index in [0.29, 0.717) is 37.8 Å². The summed E-state index contributed by atoms with van der Waals surface area (Å²) in [6.07, 6.45) is 1.33. The summed E-state index contributed by atoms with van der Waals surface area (Å²) >= 11 is 0. The second-order valence-electron chi connectivity index (χ2n) is 5.87. The van der Waals surface area contributed by atoms with Crippen molar-refractivity contribution in [2.75, 3.05) is 18.0 Å². The Labute approximate surface area is 124 Å². The van der Waals surface area contributed by atoms with Crippen molar-refractivity contribution in [2.45, 2.75) is 39.2 Å². The van der Waals surface area contributed by atoms with E-state index in [1.54, 1.807) is 6.92 Å². The summed E-state index contributed by atoms with van der Waals surface area (Å²) < 4.78 is 5.46. The highest BCUT2D eigenvalue weighted by molar-refractivity contribution is 5.39. The Morgan fingerprint density at radius 2 is 1.86 bits per heavy atom. The van der Waals surface area contributed by atoms with Gasteiger partial charge >= 0.3 is 6.01 Å². The predicted molar refractivity (Wildman–Crippen MR) is 80.3 cm³/mol. The second-order valence-corrected chi connectivity index (χ2v) is 5.87. The number of aryl methyl sites for hydroxylation is 2. The number of nitrogens with zero attached hydrogens (tertiary/aromatic N) is 3. The summed E-state index contributed by atoms with van der Waals surface area (Å²) in [4.78, 5) is 2.04. The Bertz CT molecular complexity index is 643. The molecule has 0 saturated carbocycles. The van der Waals surface area contributed by atoms with E-state index >= 15 is 0 Å². The number of rotatable bonds is 2. The third-order valence-corrected chi connectivity index (χ3v) is 4.48. The Morgan fingerprint density at radius 3 is 2.48 bits per heavy atom. The van der Waals surface area contributed by atoms with Gasteiger partial charge in [-0.3, -0.25) is 0 Å². The fraction of sp³-hybridized carbons (Fsp3) is 0.500. The van der Waals surface area contributed by atoms with E-state index in [2.05, 4.69) is 30.1 Å². The van der Waals surface area contributed by atoms with Gasteiger partial charge in [0.2, 0.25) is 5.89 Å². The van der Waals surface area contributed by atoms with Crippen LogP contribution in [0.2, 0.25) is 0 Å². The van der Waals surface area contributed by atoms with Crippen molar-refractivity contribution in [3.63, 3.8) is 0 Å². The molecule has 1 saturated heterocycles. The molecule has 1 fully saturated rings. The van der Waals surface area contributed by atoms with Gasteiger partial charge in [-0.1, -0.05) is 23.3 Å². The van der Waals surface area contributed by atoms with E-state index < -0.39 is 5.60 Å². The molecule has 1 aromatic carbocycles. The minimum Gasteiger partial charge on any atom is -0.408 e. The number of anilines is 1.